The van der Waals surface area contributed by atoms with E-state index in [1.807, 2.05) is 30.0 Å². The van der Waals surface area contributed by atoms with Gasteiger partial charge in [-0.15, -0.1) is 0 Å². The van der Waals surface area contributed by atoms with Gasteiger partial charge in [-0.05, 0) is 55.7 Å². The van der Waals surface area contributed by atoms with Crippen molar-refractivity contribution in [1.29, 1.82) is 0 Å². The van der Waals surface area contributed by atoms with Crippen molar-refractivity contribution in [1.82, 2.24) is 4.90 Å². The Bertz CT molecular complexity index is 1040. The fourth-order valence-electron chi connectivity index (χ4n) is 4.49. The lowest BCUT2D eigenvalue weighted by atomic mass is 10.1. The summed E-state index contributed by atoms with van der Waals surface area (Å²) in [6.45, 7) is 6.97. The highest BCUT2D eigenvalue weighted by molar-refractivity contribution is 7.92. The van der Waals surface area contributed by atoms with Crippen LogP contribution in [0.4, 0.5) is 11.4 Å². The number of anilines is 2. The summed E-state index contributed by atoms with van der Waals surface area (Å²) in [7, 11) is -3.32. The fraction of sp³-hybridized carbons (Fsp3) is 0.409. The van der Waals surface area contributed by atoms with Gasteiger partial charge in [0.05, 0.1) is 11.9 Å². The minimum atomic E-state index is -3.32. The molecule has 7 heteroatoms. The maximum atomic E-state index is 13.0. The van der Waals surface area contributed by atoms with Gasteiger partial charge < -0.3 is 9.80 Å². The highest BCUT2D eigenvalue weighted by Gasteiger charge is 2.33. The normalized spacial score (nSPS) is 19.4. The minimum Gasteiger partial charge on any atom is -0.368 e. The van der Waals surface area contributed by atoms with Crippen molar-refractivity contribution in [3.05, 3.63) is 59.2 Å². The van der Waals surface area contributed by atoms with Crippen LogP contribution in [0.1, 0.15) is 28.4 Å². The summed E-state index contributed by atoms with van der Waals surface area (Å²) in [5, 5.41) is 0. The molecular formula is C22H27N3O3S. The molecule has 0 aliphatic carbocycles. The van der Waals surface area contributed by atoms with Crippen LogP contribution >= 0.6 is 0 Å². The topological polar surface area (TPSA) is 60.9 Å². The Morgan fingerprint density at radius 3 is 2.34 bits per heavy atom. The molecule has 0 radical (unpaired) electrons. The Hall–Kier alpha value is -2.54. The average molecular weight is 414 g/mol. The highest BCUT2D eigenvalue weighted by Crippen LogP contribution is 2.35. The first kappa shape index (κ1) is 19.8. The molecule has 0 spiro atoms. The zero-order chi connectivity index (χ0) is 20.8. The lowest BCUT2D eigenvalue weighted by Crippen LogP contribution is -2.49. The first-order chi connectivity index (χ1) is 13.8. The van der Waals surface area contributed by atoms with Crippen molar-refractivity contribution in [2.24, 2.45) is 0 Å². The first-order valence-electron chi connectivity index (χ1n) is 9.98. The van der Waals surface area contributed by atoms with Crippen LogP contribution < -0.4 is 9.21 Å². The predicted octanol–water partition coefficient (Wildman–Crippen LogP) is 2.67. The molecule has 4 rings (SSSR count). The number of hydrogen-bond donors (Lipinski definition) is 0. The lowest BCUT2D eigenvalue weighted by Gasteiger charge is -2.37. The van der Waals surface area contributed by atoms with Crippen LogP contribution in [0.2, 0.25) is 0 Å². The molecule has 1 fully saturated rings. The monoisotopic (exact) mass is 413 g/mol. The number of amides is 1. The number of nitrogens with zero attached hydrogens (tertiary/aromatic N) is 3. The molecular weight excluding hydrogens is 386 g/mol. The highest BCUT2D eigenvalue weighted by atomic mass is 32.2. The van der Waals surface area contributed by atoms with E-state index < -0.39 is 10.0 Å². The van der Waals surface area contributed by atoms with Crippen molar-refractivity contribution >= 4 is 27.3 Å². The number of sulfonamides is 1. The Morgan fingerprint density at radius 1 is 1.00 bits per heavy atom. The van der Waals surface area contributed by atoms with Crippen molar-refractivity contribution in [2.75, 3.05) is 41.6 Å². The van der Waals surface area contributed by atoms with Gasteiger partial charge in [0.2, 0.25) is 10.0 Å². The lowest BCUT2D eigenvalue weighted by molar-refractivity contribution is 0.0746. The number of carbonyl (C=O) groups excluding carboxylic acids is 1. The number of aryl methyl sites for hydroxylation is 1. The third kappa shape index (κ3) is 3.71. The van der Waals surface area contributed by atoms with Gasteiger partial charge in [-0.2, -0.15) is 0 Å². The fourth-order valence-corrected chi connectivity index (χ4v) is 5.76. The van der Waals surface area contributed by atoms with E-state index in [0.717, 1.165) is 18.7 Å². The van der Waals surface area contributed by atoms with E-state index in [4.69, 9.17) is 0 Å². The second kappa shape index (κ2) is 7.37. The molecule has 0 aromatic heterocycles. The molecule has 1 atom stereocenters. The van der Waals surface area contributed by atoms with Gasteiger partial charge in [0, 0.05) is 43.5 Å². The van der Waals surface area contributed by atoms with E-state index in [0.29, 0.717) is 30.8 Å². The van der Waals surface area contributed by atoms with Crippen LogP contribution in [0.3, 0.4) is 0 Å². The number of carbonyl (C=O) groups is 1. The van der Waals surface area contributed by atoms with E-state index >= 15 is 0 Å². The Kier molecular flexibility index (Phi) is 5.02. The van der Waals surface area contributed by atoms with Gasteiger partial charge in [0.25, 0.3) is 5.91 Å². The van der Waals surface area contributed by atoms with Gasteiger partial charge in [0.1, 0.15) is 0 Å². The molecule has 2 aromatic rings. The summed E-state index contributed by atoms with van der Waals surface area (Å²) in [6, 6.07) is 13.6. The van der Waals surface area contributed by atoms with Gasteiger partial charge in [0.15, 0.2) is 0 Å². The smallest absolute Gasteiger partial charge is 0.253 e. The molecule has 0 saturated carbocycles. The van der Waals surface area contributed by atoms with E-state index in [1.54, 1.807) is 12.1 Å². The van der Waals surface area contributed by atoms with Crippen molar-refractivity contribution < 1.29 is 13.2 Å². The third-order valence-electron chi connectivity index (χ3n) is 5.86. The predicted molar refractivity (Wildman–Crippen MR) is 116 cm³/mol. The molecule has 0 bridgehead atoms. The Labute approximate surface area is 172 Å². The Balaban J connectivity index is 1.48. The average Bonchev–Trinajstić information content (AvgIpc) is 3.03. The van der Waals surface area contributed by atoms with Crippen LogP contribution in [0.15, 0.2) is 42.5 Å². The number of hydrogen-bond acceptors (Lipinski definition) is 4. The molecule has 0 N–H and O–H groups in total. The second-order valence-corrected chi connectivity index (χ2v) is 9.88. The van der Waals surface area contributed by atoms with E-state index in [2.05, 4.69) is 24.0 Å². The molecule has 1 saturated heterocycles. The van der Waals surface area contributed by atoms with Crippen LogP contribution in [0.5, 0.6) is 0 Å². The summed E-state index contributed by atoms with van der Waals surface area (Å²) in [6.07, 6.45) is 1.86. The first-order valence-corrected chi connectivity index (χ1v) is 11.8. The van der Waals surface area contributed by atoms with Crippen LogP contribution in [0, 0.1) is 6.92 Å². The summed E-state index contributed by atoms with van der Waals surface area (Å²) in [5.41, 5.74) is 4.73. The summed E-state index contributed by atoms with van der Waals surface area (Å²) < 4.78 is 25.6. The standard InChI is InChI=1S/C22H27N3O3S/c1-16-6-4-5-7-20(16)23-10-12-24(13-11-23)22(26)18-8-9-21-19(15-18)14-17(2)25(21)29(3,27)28/h4-9,15,17H,10-14H2,1-3H3/t17-/m0/s1. The van der Waals surface area contributed by atoms with Crippen LogP contribution in [0.25, 0.3) is 0 Å². The van der Waals surface area contributed by atoms with Gasteiger partial charge in [-0.3, -0.25) is 9.10 Å². The largest absolute Gasteiger partial charge is 0.368 e. The summed E-state index contributed by atoms with van der Waals surface area (Å²) >= 11 is 0. The zero-order valence-corrected chi connectivity index (χ0v) is 17.9. The molecule has 2 aliphatic heterocycles. The maximum Gasteiger partial charge on any atom is 0.253 e. The molecule has 6 nitrogen and oxygen atoms in total. The zero-order valence-electron chi connectivity index (χ0n) is 17.1. The van der Waals surface area contributed by atoms with Crippen molar-refractivity contribution in [3.63, 3.8) is 0 Å². The molecule has 0 unspecified atom stereocenters. The molecule has 2 aliphatic rings. The van der Waals surface area contributed by atoms with E-state index in [1.165, 1.54) is 21.8 Å². The SMILES string of the molecule is Cc1ccccc1N1CCN(C(=O)c2ccc3c(c2)C[C@H](C)N3S(C)(=O)=O)CC1. The van der Waals surface area contributed by atoms with E-state index in [-0.39, 0.29) is 11.9 Å². The molecule has 29 heavy (non-hydrogen) atoms. The molecule has 2 heterocycles. The second-order valence-electron chi connectivity index (χ2n) is 8.02. The Morgan fingerprint density at radius 2 is 1.69 bits per heavy atom. The third-order valence-corrected chi connectivity index (χ3v) is 7.13. The van der Waals surface area contributed by atoms with Gasteiger partial charge in [-0.1, -0.05) is 18.2 Å². The minimum absolute atomic E-state index is 0.0164. The maximum absolute atomic E-state index is 13.0. The molecule has 1 amide bonds. The van der Waals surface area contributed by atoms with Gasteiger partial charge in [-0.25, -0.2) is 8.42 Å². The van der Waals surface area contributed by atoms with Crippen molar-refractivity contribution in [3.8, 4) is 0 Å². The number of fused-ring (bicyclic) bond motifs is 1. The number of benzene rings is 2. The number of piperazine rings is 1. The van der Waals surface area contributed by atoms with Crippen LogP contribution in [-0.4, -0.2) is 57.7 Å². The van der Waals surface area contributed by atoms with Gasteiger partial charge >= 0.3 is 0 Å². The number of para-hydroxylation sites is 1. The molecule has 154 valence electrons. The summed E-state index contributed by atoms with van der Waals surface area (Å²) in [5.74, 6) is 0.0164. The quantitative estimate of drug-likeness (QED) is 0.776. The summed E-state index contributed by atoms with van der Waals surface area (Å²) in [4.78, 5) is 17.3. The van der Waals surface area contributed by atoms with Crippen molar-refractivity contribution in [2.45, 2.75) is 26.3 Å². The molecule has 2 aromatic carbocycles. The number of rotatable bonds is 3. The van der Waals surface area contributed by atoms with Crippen LogP contribution in [-0.2, 0) is 16.4 Å². The van der Waals surface area contributed by atoms with E-state index in [9.17, 15) is 13.2 Å².